The summed E-state index contributed by atoms with van der Waals surface area (Å²) in [6.07, 6.45) is -4.47. The van der Waals surface area contributed by atoms with Gasteiger partial charge in [0.2, 0.25) is 0 Å². The van der Waals surface area contributed by atoms with Gasteiger partial charge < -0.3 is 15.5 Å². The van der Waals surface area contributed by atoms with Crippen molar-refractivity contribution in [1.29, 1.82) is 0 Å². The second-order valence-corrected chi connectivity index (χ2v) is 6.03. The lowest BCUT2D eigenvalue weighted by atomic mass is 10.2. The van der Waals surface area contributed by atoms with E-state index in [0.717, 1.165) is 12.1 Å². The molecule has 2 amide bonds. The average molecular weight is 346 g/mol. The van der Waals surface area contributed by atoms with Crippen molar-refractivity contribution in [3.63, 3.8) is 0 Å². The van der Waals surface area contributed by atoms with Crippen LogP contribution >= 0.6 is 0 Å². The van der Waals surface area contributed by atoms with E-state index in [1.54, 1.807) is 14.0 Å². The molecule has 0 aliphatic heterocycles. The Hall–Kier alpha value is -2.09. The van der Waals surface area contributed by atoms with Crippen molar-refractivity contribution in [2.45, 2.75) is 39.0 Å². The van der Waals surface area contributed by atoms with Gasteiger partial charge in [0.25, 0.3) is 11.8 Å². The Morgan fingerprint density at radius 3 is 2.38 bits per heavy atom. The molecule has 0 aliphatic carbocycles. The van der Waals surface area contributed by atoms with Crippen molar-refractivity contribution in [2.24, 2.45) is 0 Å². The molecule has 1 aromatic carbocycles. The van der Waals surface area contributed by atoms with Crippen LogP contribution in [-0.2, 0) is 15.8 Å². The van der Waals surface area contributed by atoms with Crippen LogP contribution in [0.25, 0.3) is 0 Å². The fourth-order valence-electron chi connectivity index (χ4n) is 2.03. The topological polar surface area (TPSA) is 62.6 Å². The highest BCUT2D eigenvalue weighted by molar-refractivity contribution is 5.93. The predicted octanol–water partition coefficient (Wildman–Crippen LogP) is 1.07. The van der Waals surface area contributed by atoms with Gasteiger partial charge in [-0.3, -0.25) is 9.59 Å². The van der Waals surface area contributed by atoms with E-state index in [-0.39, 0.29) is 24.2 Å². The number of amides is 2. The Morgan fingerprint density at radius 1 is 1.21 bits per heavy atom. The Labute approximate surface area is 139 Å². The molecule has 0 aromatic heterocycles. The van der Waals surface area contributed by atoms with Gasteiger partial charge in [-0.1, -0.05) is 6.07 Å². The Morgan fingerprint density at radius 2 is 1.83 bits per heavy atom. The Bertz CT molecular complexity index is 588. The van der Waals surface area contributed by atoms with Gasteiger partial charge in [-0.15, -0.1) is 0 Å². The van der Waals surface area contributed by atoms with Gasteiger partial charge in [0, 0.05) is 11.7 Å². The standard InChI is InChI=1S/C16H22F3N3O2/c1-10(2)20-14(23)9-22(4)11(3)15(24)21-13-7-5-6-12(8-13)16(17,18)19/h5-8,10-11H,9H2,1-4H3,(H,20,23)(H,21,24)/p+1/t11-/m1/s1. The molecule has 0 radical (unpaired) electrons. The lowest BCUT2D eigenvalue weighted by Gasteiger charge is -2.21. The number of nitrogens with one attached hydrogen (secondary N) is 3. The zero-order valence-corrected chi connectivity index (χ0v) is 14.1. The molecule has 1 rings (SSSR count). The highest BCUT2D eigenvalue weighted by atomic mass is 19.4. The smallest absolute Gasteiger partial charge is 0.349 e. The zero-order valence-electron chi connectivity index (χ0n) is 14.1. The summed E-state index contributed by atoms with van der Waals surface area (Å²) in [5, 5.41) is 5.18. The van der Waals surface area contributed by atoms with Crippen LogP contribution in [0.2, 0.25) is 0 Å². The number of carbonyl (C=O) groups excluding carboxylic acids is 2. The predicted molar refractivity (Wildman–Crippen MR) is 84.6 cm³/mol. The number of benzene rings is 1. The van der Waals surface area contributed by atoms with E-state index in [4.69, 9.17) is 0 Å². The summed E-state index contributed by atoms with van der Waals surface area (Å²) in [4.78, 5) is 24.5. The number of halogens is 3. The van der Waals surface area contributed by atoms with Gasteiger partial charge in [-0.2, -0.15) is 13.2 Å². The monoisotopic (exact) mass is 346 g/mol. The molecule has 24 heavy (non-hydrogen) atoms. The second kappa shape index (κ2) is 8.14. The first-order valence-electron chi connectivity index (χ1n) is 7.60. The zero-order chi connectivity index (χ0) is 18.5. The van der Waals surface area contributed by atoms with E-state index in [0.29, 0.717) is 4.90 Å². The highest BCUT2D eigenvalue weighted by Gasteiger charge is 2.31. The van der Waals surface area contributed by atoms with Crippen LogP contribution in [0.1, 0.15) is 26.3 Å². The maximum atomic E-state index is 12.7. The van der Waals surface area contributed by atoms with Crippen LogP contribution in [0.15, 0.2) is 24.3 Å². The molecule has 2 atom stereocenters. The van der Waals surface area contributed by atoms with Crippen molar-refractivity contribution in [2.75, 3.05) is 18.9 Å². The first kappa shape index (κ1) is 20.0. The summed E-state index contributed by atoms with van der Waals surface area (Å²) in [7, 11) is 1.68. The molecular formula is C16H23F3N3O2+. The quantitative estimate of drug-likeness (QED) is 0.722. The molecule has 1 aromatic rings. The largest absolute Gasteiger partial charge is 0.416 e. The van der Waals surface area contributed by atoms with Crippen LogP contribution in [0.3, 0.4) is 0 Å². The molecule has 3 N–H and O–H groups in total. The van der Waals surface area contributed by atoms with Gasteiger partial charge in [-0.25, -0.2) is 0 Å². The van der Waals surface area contributed by atoms with Crippen molar-refractivity contribution >= 4 is 17.5 Å². The van der Waals surface area contributed by atoms with E-state index >= 15 is 0 Å². The van der Waals surface area contributed by atoms with Gasteiger partial charge >= 0.3 is 6.18 Å². The van der Waals surface area contributed by atoms with E-state index in [1.165, 1.54) is 12.1 Å². The summed E-state index contributed by atoms with van der Waals surface area (Å²) in [6, 6.07) is 3.84. The van der Waals surface area contributed by atoms with E-state index < -0.39 is 23.7 Å². The summed E-state index contributed by atoms with van der Waals surface area (Å²) < 4.78 is 38.0. The number of hydrogen-bond acceptors (Lipinski definition) is 2. The number of likely N-dealkylation sites (N-methyl/N-ethyl adjacent to an activating group) is 1. The number of quaternary nitrogens is 1. The van der Waals surface area contributed by atoms with E-state index in [2.05, 4.69) is 10.6 Å². The van der Waals surface area contributed by atoms with Crippen LogP contribution in [0, 0.1) is 0 Å². The van der Waals surface area contributed by atoms with Crippen molar-refractivity contribution in [3.05, 3.63) is 29.8 Å². The summed E-state index contributed by atoms with van der Waals surface area (Å²) in [5.74, 6) is -0.648. The molecule has 8 heteroatoms. The molecule has 0 heterocycles. The van der Waals surface area contributed by atoms with Crippen LogP contribution in [-0.4, -0.2) is 37.5 Å². The number of anilines is 1. The third-order valence-electron chi connectivity index (χ3n) is 3.48. The van der Waals surface area contributed by atoms with Gasteiger partial charge in [0.15, 0.2) is 12.6 Å². The first-order valence-corrected chi connectivity index (χ1v) is 7.60. The molecule has 0 spiro atoms. The number of hydrogen-bond donors (Lipinski definition) is 3. The molecule has 5 nitrogen and oxygen atoms in total. The minimum Gasteiger partial charge on any atom is -0.349 e. The van der Waals surface area contributed by atoms with Gasteiger partial charge in [-0.05, 0) is 39.0 Å². The van der Waals surface area contributed by atoms with Gasteiger partial charge in [0.1, 0.15) is 0 Å². The molecule has 0 saturated carbocycles. The number of rotatable bonds is 6. The van der Waals surface area contributed by atoms with Crippen molar-refractivity contribution in [3.8, 4) is 0 Å². The molecule has 0 aliphatic rings. The fraction of sp³-hybridized carbons (Fsp3) is 0.500. The molecule has 0 bridgehead atoms. The van der Waals surface area contributed by atoms with Gasteiger partial charge in [0.05, 0.1) is 12.6 Å². The normalized spacial score (nSPS) is 14.2. The molecule has 0 saturated heterocycles. The summed E-state index contributed by atoms with van der Waals surface area (Å²) >= 11 is 0. The minimum atomic E-state index is -4.47. The first-order chi connectivity index (χ1) is 11.0. The Kier molecular flexibility index (Phi) is 6.77. The van der Waals surface area contributed by atoms with Crippen molar-refractivity contribution in [1.82, 2.24) is 5.32 Å². The molecule has 134 valence electrons. The van der Waals surface area contributed by atoms with E-state index in [9.17, 15) is 22.8 Å². The third-order valence-corrected chi connectivity index (χ3v) is 3.48. The summed E-state index contributed by atoms with van der Waals surface area (Å²) in [6.45, 7) is 5.37. The average Bonchev–Trinajstić information content (AvgIpc) is 2.44. The lowest BCUT2D eigenvalue weighted by Crippen LogP contribution is -3.15. The maximum Gasteiger partial charge on any atom is 0.416 e. The van der Waals surface area contributed by atoms with Crippen LogP contribution in [0.4, 0.5) is 18.9 Å². The number of alkyl halides is 3. The SMILES string of the molecule is CC(C)NC(=O)C[NH+](C)[C@H](C)C(=O)Nc1cccc(C(F)(F)F)c1. The fourth-order valence-corrected chi connectivity index (χ4v) is 2.03. The van der Waals surface area contributed by atoms with Crippen LogP contribution in [0.5, 0.6) is 0 Å². The highest BCUT2D eigenvalue weighted by Crippen LogP contribution is 2.30. The number of carbonyl (C=O) groups is 2. The molecular weight excluding hydrogens is 323 g/mol. The second-order valence-electron chi connectivity index (χ2n) is 6.03. The van der Waals surface area contributed by atoms with E-state index in [1.807, 2.05) is 13.8 Å². The maximum absolute atomic E-state index is 12.7. The van der Waals surface area contributed by atoms with Crippen molar-refractivity contribution < 1.29 is 27.7 Å². The molecule has 1 unspecified atom stereocenters. The summed E-state index contributed by atoms with van der Waals surface area (Å²) in [5.41, 5.74) is -0.758. The minimum absolute atomic E-state index is 0.000425. The lowest BCUT2D eigenvalue weighted by molar-refractivity contribution is -0.885. The van der Waals surface area contributed by atoms with Crippen LogP contribution < -0.4 is 15.5 Å². The third kappa shape index (κ3) is 6.19. The Balaban J connectivity index is 2.68. The molecule has 0 fully saturated rings.